The number of hydrogen-bond donors (Lipinski definition) is 9. The quantitative estimate of drug-likeness (QED) is 0.0299. The summed E-state index contributed by atoms with van der Waals surface area (Å²) in [6.45, 7) is 6.92. The monoisotopic (exact) mass is 931 g/mol. The molecule has 1 aromatic heterocycles. The van der Waals surface area contributed by atoms with Crippen LogP contribution in [0.1, 0.15) is 64.2 Å². The number of nitrogens with one attached hydrogen (secondary N) is 3. The lowest BCUT2D eigenvalue weighted by Gasteiger charge is -2.38. The molecule has 1 aromatic rings. The summed E-state index contributed by atoms with van der Waals surface area (Å²) in [6.07, 6.45) is -1.65. The minimum Gasteiger partial charge on any atom is -0.386 e. The van der Waals surface area contributed by atoms with Crippen LogP contribution in [0.2, 0.25) is 0 Å². The van der Waals surface area contributed by atoms with E-state index in [-0.39, 0.29) is 69.1 Å². The van der Waals surface area contributed by atoms with Crippen molar-refractivity contribution in [3.63, 3.8) is 0 Å². The van der Waals surface area contributed by atoms with Gasteiger partial charge in [-0.05, 0) is 39.5 Å². The van der Waals surface area contributed by atoms with E-state index in [2.05, 4.69) is 48.7 Å². The van der Waals surface area contributed by atoms with Crippen LogP contribution >= 0.6 is 15.6 Å². The van der Waals surface area contributed by atoms with Crippen molar-refractivity contribution in [2.75, 3.05) is 91.4 Å². The molecule has 3 amide bonds. The molecular weight excluding hydrogens is 868 g/mol. The fourth-order valence-electron chi connectivity index (χ4n) is 6.64. The number of rotatable bonds is 30. The third-order valence-electron chi connectivity index (χ3n) is 9.79. The van der Waals surface area contributed by atoms with Crippen LogP contribution in [-0.4, -0.2) is 173 Å². The lowest BCUT2D eigenvalue weighted by molar-refractivity contribution is -0.124. The average molecular weight is 932 g/mol. The molecule has 2 aliphatic heterocycles. The molecule has 0 spiro atoms. The maximum Gasteiger partial charge on any atom is 0.470 e. The molecule has 27 heteroatoms. The van der Waals surface area contributed by atoms with Crippen LogP contribution in [0.4, 0.5) is 5.82 Å². The molecule has 4 unspecified atom stereocenters. The second-order valence-corrected chi connectivity index (χ2v) is 17.1. The summed E-state index contributed by atoms with van der Waals surface area (Å²) in [5.74, 6) is -0.665. The standard InChI is InChI=1S/C35H63N7O18P2/c1-24-5-3-6-25(2)41(24)22-30(45)38-11-8-28(43)39-12-14-55-16-18-57-20-19-56-17-15-54-13-9-29(44)37-10-4-7-26-21-42(35(47)40-33(26)36)34-31(46)32(60-62(51,52)53)27(59-34)23-58-61(48,49)50/h21,24-25,27,31-32,34,46H,3-20,22-23H2,1-2H3,(H,37,44)(H,38,45)(H,39,43)(H2,36,40,47)(H2,48,49,50)(H2,51,52,53)/t24?,25?,27-,31?,32?,34-/m1/s1. The van der Waals surface area contributed by atoms with Crippen LogP contribution in [0.15, 0.2) is 11.0 Å². The van der Waals surface area contributed by atoms with E-state index in [9.17, 15) is 43.2 Å². The highest BCUT2D eigenvalue weighted by Crippen LogP contribution is 2.45. The Morgan fingerprint density at radius 3 is 2.00 bits per heavy atom. The minimum atomic E-state index is -5.24. The summed E-state index contributed by atoms with van der Waals surface area (Å²) in [4.78, 5) is 91.7. The Hall–Kier alpha value is -2.97. The number of aliphatic hydroxyl groups is 1. The Labute approximate surface area is 359 Å². The third kappa shape index (κ3) is 20.7. The van der Waals surface area contributed by atoms with Gasteiger partial charge >= 0.3 is 21.3 Å². The van der Waals surface area contributed by atoms with Crippen LogP contribution in [-0.2, 0) is 62.7 Å². The minimum absolute atomic E-state index is 0.0697. The lowest BCUT2D eigenvalue weighted by atomic mass is 9.97. The highest BCUT2D eigenvalue weighted by Gasteiger charge is 2.49. The molecule has 2 fully saturated rings. The predicted molar refractivity (Wildman–Crippen MR) is 217 cm³/mol. The molecule has 0 saturated carbocycles. The second kappa shape index (κ2) is 27.4. The first-order valence-electron chi connectivity index (χ1n) is 20.4. The van der Waals surface area contributed by atoms with Crippen molar-refractivity contribution in [3.8, 4) is 0 Å². The van der Waals surface area contributed by atoms with Crippen molar-refractivity contribution in [1.29, 1.82) is 0 Å². The van der Waals surface area contributed by atoms with E-state index < -0.39 is 52.5 Å². The van der Waals surface area contributed by atoms with Crippen molar-refractivity contribution in [1.82, 2.24) is 30.4 Å². The molecule has 6 atom stereocenters. The van der Waals surface area contributed by atoms with Gasteiger partial charge in [0.05, 0.1) is 66.0 Å². The number of ether oxygens (including phenoxy) is 5. The molecule has 25 nitrogen and oxygen atoms in total. The number of aliphatic hydroxyl groups excluding tert-OH is 1. The average Bonchev–Trinajstić information content (AvgIpc) is 3.48. The Morgan fingerprint density at radius 1 is 0.823 bits per heavy atom. The van der Waals surface area contributed by atoms with E-state index in [0.29, 0.717) is 76.8 Å². The molecule has 0 radical (unpaired) electrons. The van der Waals surface area contributed by atoms with Gasteiger partial charge in [-0.1, -0.05) is 6.42 Å². The molecule has 0 bridgehead atoms. The Balaban J connectivity index is 1.17. The van der Waals surface area contributed by atoms with Gasteiger partial charge in [-0.25, -0.2) is 13.9 Å². The van der Waals surface area contributed by atoms with Crippen molar-refractivity contribution in [2.45, 2.75) is 95.4 Å². The first kappa shape index (κ1) is 53.4. The number of piperidine rings is 1. The number of amides is 3. The van der Waals surface area contributed by atoms with Crippen molar-refractivity contribution < 1.29 is 80.9 Å². The number of hydrogen-bond acceptors (Lipinski definition) is 17. The van der Waals surface area contributed by atoms with Crippen LogP contribution in [0.5, 0.6) is 0 Å². The van der Waals surface area contributed by atoms with Gasteiger partial charge in [0.1, 0.15) is 24.1 Å². The molecule has 0 aliphatic carbocycles. The zero-order valence-electron chi connectivity index (χ0n) is 35.0. The zero-order chi connectivity index (χ0) is 45.7. The normalized spacial score (nSPS) is 22.1. The maximum absolute atomic E-state index is 12.6. The number of phosphoric acid groups is 2. The number of phosphoric ester groups is 2. The van der Waals surface area contributed by atoms with Crippen LogP contribution in [0.25, 0.3) is 0 Å². The van der Waals surface area contributed by atoms with Gasteiger partial charge in [-0.3, -0.25) is 32.9 Å². The summed E-state index contributed by atoms with van der Waals surface area (Å²) in [7, 11) is -10.3. The topological polar surface area (TPSA) is 351 Å². The van der Waals surface area contributed by atoms with Crippen LogP contribution in [0.3, 0.4) is 0 Å². The SMILES string of the molecule is CC1CCCC(C)N1CC(=O)NCCC(=O)NCCOCCOCCOCCOCCC(=O)NCCCc1cn([C@@H]2O[C@H](COP(=O)(O)O)C(OP(=O)(O)O)C2O)c(=O)nc1N. The van der Waals surface area contributed by atoms with E-state index in [1.165, 1.54) is 12.6 Å². The largest absolute Gasteiger partial charge is 0.470 e. The summed E-state index contributed by atoms with van der Waals surface area (Å²) >= 11 is 0. The first-order chi connectivity index (χ1) is 29.3. The van der Waals surface area contributed by atoms with Gasteiger partial charge in [0.25, 0.3) is 0 Å². The van der Waals surface area contributed by atoms with E-state index in [4.69, 9.17) is 39.2 Å². The summed E-state index contributed by atoms with van der Waals surface area (Å²) in [5.41, 5.74) is 5.20. The molecule has 2 aliphatic rings. The number of anilines is 1. The van der Waals surface area contributed by atoms with E-state index >= 15 is 0 Å². The summed E-state index contributed by atoms with van der Waals surface area (Å²) in [5, 5.41) is 19.0. The van der Waals surface area contributed by atoms with Gasteiger partial charge < -0.3 is 70.0 Å². The zero-order valence-corrected chi connectivity index (χ0v) is 36.8. The Morgan fingerprint density at radius 2 is 1.39 bits per heavy atom. The van der Waals surface area contributed by atoms with E-state index in [1.807, 2.05) is 0 Å². The van der Waals surface area contributed by atoms with E-state index in [0.717, 1.165) is 17.4 Å². The fourth-order valence-corrected chi connectivity index (χ4v) is 7.55. The van der Waals surface area contributed by atoms with Crippen LogP contribution in [0, 0.1) is 0 Å². The van der Waals surface area contributed by atoms with Gasteiger partial charge in [-0.2, -0.15) is 4.98 Å². The Kier molecular flexibility index (Phi) is 23.6. The number of aryl methyl sites for hydroxylation is 1. The van der Waals surface area contributed by atoms with Crippen LogP contribution < -0.4 is 27.4 Å². The van der Waals surface area contributed by atoms with Gasteiger partial charge in [0.15, 0.2) is 6.23 Å². The molecular formula is C35H63N7O18P2. The third-order valence-corrected chi connectivity index (χ3v) is 10.8. The molecule has 62 heavy (non-hydrogen) atoms. The summed E-state index contributed by atoms with van der Waals surface area (Å²) in [6, 6.07) is 0.758. The predicted octanol–water partition coefficient (Wildman–Crippen LogP) is -1.94. The van der Waals surface area contributed by atoms with Gasteiger partial charge in [0.2, 0.25) is 17.7 Å². The van der Waals surface area contributed by atoms with E-state index in [1.54, 1.807) is 0 Å². The first-order valence-corrected chi connectivity index (χ1v) is 23.4. The van der Waals surface area contributed by atoms with Crippen molar-refractivity contribution in [2.24, 2.45) is 0 Å². The highest BCUT2D eigenvalue weighted by molar-refractivity contribution is 7.46. The number of nitrogen functional groups attached to an aromatic ring is 1. The number of carbonyl (C=O) groups excluding carboxylic acids is 3. The molecule has 356 valence electrons. The molecule has 0 aromatic carbocycles. The van der Waals surface area contributed by atoms with Gasteiger partial charge in [0, 0.05) is 56.3 Å². The van der Waals surface area contributed by atoms with Crippen molar-refractivity contribution >= 4 is 39.2 Å². The lowest BCUT2D eigenvalue weighted by Crippen LogP contribution is -2.49. The number of nitrogens with zero attached hydrogens (tertiary/aromatic N) is 3. The number of likely N-dealkylation sites (tertiary alicyclic amines) is 1. The second-order valence-electron chi connectivity index (χ2n) is 14.6. The molecule has 2 saturated heterocycles. The number of nitrogens with two attached hydrogens (primary N) is 1. The highest BCUT2D eigenvalue weighted by atomic mass is 31.2. The fraction of sp³-hybridized carbons (Fsp3) is 0.800. The number of carbonyl (C=O) groups is 3. The molecule has 3 rings (SSSR count). The number of aromatic nitrogens is 2. The van der Waals surface area contributed by atoms with Gasteiger partial charge in [-0.15, -0.1) is 0 Å². The molecule has 10 N–H and O–H groups in total. The Bertz CT molecular complexity index is 1690. The summed E-state index contributed by atoms with van der Waals surface area (Å²) < 4.78 is 59.6. The van der Waals surface area contributed by atoms with Crippen molar-refractivity contribution in [3.05, 3.63) is 22.2 Å². The maximum atomic E-state index is 12.6. The smallest absolute Gasteiger partial charge is 0.386 e. The molecule has 3 heterocycles.